The zero-order chi connectivity index (χ0) is 13.9. The molecular weight excluding hydrogens is 254 g/mol. The van der Waals surface area contributed by atoms with Crippen LogP contribution < -0.4 is 5.32 Å². The molecule has 19 heavy (non-hydrogen) atoms. The monoisotopic (exact) mass is 279 g/mol. The molecular formula is C17H26ClN. The Kier molecular flexibility index (Phi) is 4.92. The van der Waals surface area contributed by atoms with Crippen LogP contribution in [-0.4, -0.2) is 12.6 Å². The maximum absolute atomic E-state index is 6.10. The summed E-state index contributed by atoms with van der Waals surface area (Å²) in [5, 5.41) is 4.55. The zero-order valence-electron chi connectivity index (χ0n) is 12.4. The Bertz CT molecular complexity index is 413. The Balaban J connectivity index is 2.12. The highest BCUT2D eigenvalue weighted by molar-refractivity contribution is 6.30. The van der Waals surface area contributed by atoms with Crippen molar-refractivity contribution in [3.8, 4) is 0 Å². The van der Waals surface area contributed by atoms with E-state index in [9.17, 15) is 0 Å². The molecule has 0 spiro atoms. The van der Waals surface area contributed by atoms with E-state index in [4.69, 9.17) is 11.6 Å². The molecule has 1 aliphatic rings. The van der Waals surface area contributed by atoms with E-state index in [0.29, 0.717) is 11.5 Å². The van der Waals surface area contributed by atoms with Crippen LogP contribution >= 0.6 is 11.6 Å². The molecule has 1 fully saturated rings. The fourth-order valence-corrected chi connectivity index (χ4v) is 3.85. The Morgan fingerprint density at radius 1 is 1.42 bits per heavy atom. The van der Waals surface area contributed by atoms with E-state index in [1.54, 1.807) is 0 Å². The SMILES string of the molecule is CCNC(Cc1cccc(Cl)c1)C1CCCC1(C)C. The highest BCUT2D eigenvalue weighted by Gasteiger charge is 2.39. The number of rotatable bonds is 5. The number of halogens is 1. The molecule has 1 aliphatic carbocycles. The first-order valence-electron chi connectivity index (χ1n) is 7.51. The first-order valence-corrected chi connectivity index (χ1v) is 7.88. The molecule has 0 bridgehead atoms. The fourth-order valence-electron chi connectivity index (χ4n) is 3.64. The van der Waals surface area contributed by atoms with Crippen LogP contribution in [0.25, 0.3) is 0 Å². The smallest absolute Gasteiger partial charge is 0.0408 e. The van der Waals surface area contributed by atoms with E-state index < -0.39 is 0 Å². The third-order valence-corrected chi connectivity index (χ3v) is 4.87. The zero-order valence-corrected chi connectivity index (χ0v) is 13.1. The Labute approximate surface area is 122 Å². The third-order valence-electron chi connectivity index (χ3n) is 4.64. The molecule has 2 rings (SSSR count). The van der Waals surface area contributed by atoms with E-state index >= 15 is 0 Å². The minimum absolute atomic E-state index is 0.464. The van der Waals surface area contributed by atoms with E-state index in [1.807, 2.05) is 6.07 Å². The normalized spacial score (nSPS) is 23.5. The van der Waals surface area contributed by atoms with Gasteiger partial charge in [-0.1, -0.05) is 50.9 Å². The summed E-state index contributed by atoms with van der Waals surface area (Å²) in [5.41, 5.74) is 1.81. The lowest BCUT2D eigenvalue weighted by Gasteiger charge is -2.35. The quantitative estimate of drug-likeness (QED) is 0.825. The molecule has 0 aromatic heterocycles. The van der Waals surface area contributed by atoms with Crippen LogP contribution in [0.1, 0.15) is 45.6 Å². The number of benzene rings is 1. The van der Waals surface area contributed by atoms with Crippen molar-refractivity contribution in [2.45, 2.75) is 52.5 Å². The molecule has 0 saturated heterocycles. The first kappa shape index (κ1) is 14.9. The topological polar surface area (TPSA) is 12.0 Å². The van der Waals surface area contributed by atoms with E-state index in [1.165, 1.54) is 24.8 Å². The van der Waals surface area contributed by atoms with Crippen molar-refractivity contribution in [3.63, 3.8) is 0 Å². The van der Waals surface area contributed by atoms with Gasteiger partial charge in [-0.2, -0.15) is 0 Å². The van der Waals surface area contributed by atoms with E-state index in [2.05, 4.69) is 44.3 Å². The molecule has 0 aliphatic heterocycles. The molecule has 0 amide bonds. The number of hydrogen-bond donors (Lipinski definition) is 1. The van der Waals surface area contributed by atoms with E-state index in [0.717, 1.165) is 23.9 Å². The molecule has 1 saturated carbocycles. The Morgan fingerprint density at radius 3 is 2.79 bits per heavy atom. The average molecular weight is 280 g/mol. The van der Waals surface area contributed by atoms with Crippen LogP contribution in [0.2, 0.25) is 5.02 Å². The van der Waals surface area contributed by atoms with Crippen molar-refractivity contribution < 1.29 is 0 Å². The van der Waals surface area contributed by atoms with Gasteiger partial charge in [-0.3, -0.25) is 0 Å². The van der Waals surface area contributed by atoms with Crippen LogP contribution in [-0.2, 0) is 6.42 Å². The maximum atomic E-state index is 6.10. The van der Waals surface area contributed by atoms with Gasteiger partial charge in [0.05, 0.1) is 0 Å². The molecule has 2 atom stereocenters. The van der Waals surface area contributed by atoms with Crippen molar-refractivity contribution in [1.29, 1.82) is 0 Å². The molecule has 1 aromatic rings. The van der Waals surface area contributed by atoms with Gasteiger partial charge in [0.1, 0.15) is 0 Å². The van der Waals surface area contributed by atoms with Crippen molar-refractivity contribution in [2.24, 2.45) is 11.3 Å². The minimum Gasteiger partial charge on any atom is -0.314 e. The van der Waals surface area contributed by atoms with Crippen molar-refractivity contribution in [3.05, 3.63) is 34.9 Å². The molecule has 1 nitrogen and oxygen atoms in total. The summed E-state index contributed by atoms with van der Waals surface area (Å²) < 4.78 is 0. The standard InChI is InChI=1S/C17H26ClN/c1-4-19-16(15-9-6-10-17(15,2)3)12-13-7-5-8-14(18)11-13/h5,7-8,11,15-16,19H,4,6,9-10,12H2,1-3H3. The average Bonchev–Trinajstić information content (AvgIpc) is 2.68. The molecule has 106 valence electrons. The first-order chi connectivity index (χ1) is 9.03. The van der Waals surface area contributed by atoms with Gasteiger partial charge in [-0.15, -0.1) is 0 Å². The highest BCUT2D eigenvalue weighted by Crippen LogP contribution is 2.45. The van der Waals surface area contributed by atoms with Gasteiger partial charge in [-0.05, 0) is 54.8 Å². The largest absolute Gasteiger partial charge is 0.314 e. The van der Waals surface area contributed by atoms with Gasteiger partial charge in [0.15, 0.2) is 0 Å². The summed E-state index contributed by atoms with van der Waals surface area (Å²) >= 11 is 6.10. The number of nitrogens with one attached hydrogen (secondary N) is 1. The number of hydrogen-bond acceptors (Lipinski definition) is 1. The summed E-state index contributed by atoms with van der Waals surface area (Å²) in [6, 6.07) is 8.88. The van der Waals surface area contributed by atoms with Crippen LogP contribution in [0.4, 0.5) is 0 Å². The third kappa shape index (κ3) is 3.73. The molecule has 2 unspecified atom stereocenters. The number of likely N-dealkylation sites (N-methyl/N-ethyl adjacent to an activating group) is 1. The van der Waals surface area contributed by atoms with Crippen molar-refractivity contribution in [1.82, 2.24) is 5.32 Å². The second-order valence-corrected chi connectivity index (χ2v) is 6.92. The molecule has 2 heteroatoms. The van der Waals surface area contributed by atoms with Gasteiger partial charge in [-0.25, -0.2) is 0 Å². The Morgan fingerprint density at radius 2 is 2.21 bits per heavy atom. The van der Waals surface area contributed by atoms with Gasteiger partial charge < -0.3 is 5.32 Å². The van der Waals surface area contributed by atoms with Crippen LogP contribution in [0.3, 0.4) is 0 Å². The summed E-state index contributed by atoms with van der Waals surface area (Å²) in [5.74, 6) is 0.770. The van der Waals surface area contributed by atoms with Crippen LogP contribution in [0, 0.1) is 11.3 Å². The van der Waals surface area contributed by atoms with Crippen LogP contribution in [0.15, 0.2) is 24.3 Å². The fraction of sp³-hybridized carbons (Fsp3) is 0.647. The van der Waals surface area contributed by atoms with Crippen molar-refractivity contribution in [2.75, 3.05) is 6.54 Å². The summed E-state index contributed by atoms with van der Waals surface area (Å²) in [7, 11) is 0. The van der Waals surface area contributed by atoms with Gasteiger partial charge >= 0.3 is 0 Å². The second kappa shape index (κ2) is 6.28. The van der Waals surface area contributed by atoms with Crippen LogP contribution in [0.5, 0.6) is 0 Å². The predicted molar refractivity (Wildman–Crippen MR) is 83.7 cm³/mol. The molecule has 1 aromatic carbocycles. The lowest BCUT2D eigenvalue weighted by Crippen LogP contribution is -2.42. The molecule has 1 N–H and O–H groups in total. The summed E-state index contributed by atoms with van der Waals surface area (Å²) in [4.78, 5) is 0. The Hall–Kier alpha value is -0.530. The predicted octanol–water partition coefficient (Wildman–Crippen LogP) is 4.69. The van der Waals surface area contributed by atoms with Gasteiger partial charge in [0.2, 0.25) is 0 Å². The molecule has 0 heterocycles. The maximum Gasteiger partial charge on any atom is 0.0408 e. The molecule has 0 radical (unpaired) electrons. The second-order valence-electron chi connectivity index (χ2n) is 6.49. The highest BCUT2D eigenvalue weighted by atomic mass is 35.5. The summed E-state index contributed by atoms with van der Waals surface area (Å²) in [6.45, 7) is 8.09. The lowest BCUT2D eigenvalue weighted by atomic mass is 9.76. The lowest BCUT2D eigenvalue weighted by molar-refractivity contribution is 0.197. The van der Waals surface area contributed by atoms with Gasteiger partial charge in [0.25, 0.3) is 0 Å². The minimum atomic E-state index is 0.464. The van der Waals surface area contributed by atoms with Crippen molar-refractivity contribution >= 4 is 11.6 Å². The summed E-state index contributed by atoms with van der Waals surface area (Å²) in [6.07, 6.45) is 5.16. The van der Waals surface area contributed by atoms with E-state index in [-0.39, 0.29) is 0 Å². The van der Waals surface area contributed by atoms with Gasteiger partial charge in [0, 0.05) is 11.1 Å².